The third-order valence-corrected chi connectivity index (χ3v) is 2.88. The molecule has 4 heteroatoms. The zero-order chi connectivity index (χ0) is 12.3. The summed E-state index contributed by atoms with van der Waals surface area (Å²) in [5.74, 6) is 0.110. The molecule has 0 saturated carbocycles. The van der Waals surface area contributed by atoms with Crippen molar-refractivity contribution >= 4 is 5.91 Å². The monoisotopic (exact) mass is 228 g/mol. The molecule has 4 nitrogen and oxygen atoms in total. The predicted octanol–water partition coefficient (Wildman–Crippen LogP) is 0.964. The lowest BCUT2D eigenvalue weighted by molar-refractivity contribution is -0.140. The van der Waals surface area contributed by atoms with Crippen LogP contribution in [-0.2, 0) is 9.53 Å². The highest BCUT2D eigenvalue weighted by atomic mass is 16.5. The number of hydrogen-bond acceptors (Lipinski definition) is 3. The van der Waals surface area contributed by atoms with E-state index in [0.717, 1.165) is 19.5 Å². The average Bonchev–Trinajstić information content (AvgIpc) is 2.61. The van der Waals surface area contributed by atoms with Gasteiger partial charge in [-0.05, 0) is 41.3 Å². The van der Waals surface area contributed by atoms with Gasteiger partial charge in [0.1, 0.15) is 6.61 Å². The van der Waals surface area contributed by atoms with E-state index in [1.807, 2.05) is 25.7 Å². The smallest absolute Gasteiger partial charge is 0.248 e. The number of rotatable bonds is 3. The first-order valence-corrected chi connectivity index (χ1v) is 5.88. The normalized spacial score (nSPS) is 21.9. The number of carbonyl (C=O) groups excluding carboxylic acids is 1. The van der Waals surface area contributed by atoms with Gasteiger partial charge in [-0.3, -0.25) is 4.79 Å². The van der Waals surface area contributed by atoms with Crippen LogP contribution < -0.4 is 0 Å². The van der Waals surface area contributed by atoms with Gasteiger partial charge in [0.2, 0.25) is 5.91 Å². The molecule has 1 atom stereocenters. The Morgan fingerprint density at radius 2 is 2.06 bits per heavy atom. The molecule has 1 heterocycles. The molecule has 1 aliphatic heterocycles. The Kier molecular flexibility index (Phi) is 4.33. The lowest BCUT2D eigenvalue weighted by Gasteiger charge is -2.23. The van der Waals surface area contributed by atoms with Crippen molar-refractivity contribution in [1.29, 1.82) is 0 Å². The fraction of sp³-hybridized carbons (Fsp3) is 0.917. The maximum Gasteiger partial charge on any atom is 0.248 e. The summed E-state index contributed by atoms with van der Waals surface area (Å²) >= 11 is 0. The lowest BCUT2D eigenvalue weighted by Crippen LogP contribution is -2.37. The second kappa shape index (κ2) is 5.15. The molecule has 0 aromatic rings. The molecule has 0 N–H and O–H groups in total. The van der Waals surface area contributed by atoms with Gasteiger partial charge in [-0.1, -0.05) is 0 Å². The van der Waals surface area contributed by atoms with Crippen molar-refractivity contribution in [3.05, 3.63) is 0 Å². The van der Waals surface area contributed by atoms with Crippen molar-refractivity contribution in [3.63, 3.8) is 0 Å². The number of amides is 1. The van der Waals surface area contributed by atoms with Gasteiger partial charge in [0.05, 0.1) is 5.60 Å². The Hall–Kier alpha value is -0.610. The molecular weight excluding hydrogens is 204 g/mol. The summed E-state index contributed by atoms with van der Waals surface area (Å²) in [6.07, 6.45) is 1.06. The largest absolute Gasteiger partial charge is 0.366 e. The summed E-state index contributed by atoms with van der Waals surface area (Å²) in [7, 11) is 4.12. The SMILES string of the molecule is CN(C)C1CCN(C(=O)COC(C)(C)C)C1. The van der Waals surface area contributed by atoms with Crippen LogP contribution in [0.15, 0.2) is 0 Å². The molecule has 0 aromatic heterocycles. The van der Waals surface area contributed by atoms with Gasteiger partial charge in [0.15, 0.2) is 0 Å². The molecule has 1 unspecified atom stereocenters. The fourth-order valence-electron chi connectivity index (χ4n) is 1.76. The number of likely N-dealkylation sites (tertiary alicyclic amines) is 1. The van der Waals surface area contributed by atoms with Crippen LogP contribution in [0, 0.1) is 0 Å². The molecule has 0 aromatic carbocycles. The van der Waals surface area contributed by atoms with E-state index in [4.69, 9.17) is 4.74 Å². The van der Waals surface area contributed by atoms with Crippen LogP contribution in [0.2, 0.25) is 0 Å². The van der Waals surface area contributed by atoms with Gasteiger partial charge in [0.25, 0.3) is 0 Å². The predicted molar refractivity (Wildman–Crippen MR) is 64.4 cm³/mol. The standard InChI is InChI=1S/C12H24N2O2/c1-12(2,3)16-9-11(15)14-7-6-10(8-14)13(4)5/h10H,6-9H2,1-5H3. The van der Waals surface area contributed by atoms with Crippen LogP contribution >= 0.6 is 0 Å². The minimum Gasteiger partial charge on any atom is -0.366 e. The topological polar surface area (TPSA) is 32.8 Å². The number of carbonyl (C=O) groups is 1. The Morgan fingerprint density at radius 1 is 1.44 bits per heavy atom. The number of likely N-dealkylation sites (N-methyl/N-ethyl adjacent to an activating group) is 1. The van der Waals surface area contributed by atoms with E-state index in [-0.39, 0.29) is 18.1 Å². The van der Waals surface area contributed by atoms with Crippen LogP contribution in [0.5, 0.6) is 0 Å². The first kappa shape index (κ1) is 13.5. The molecule has 0 bridgehead atoms. The molecular formula is C12H24N2O2. The minimum absolute atomic E-state index is 0.110. The molecule has 0 radical (unpaired) electrons. The maximum atomic E-state index is 11.8. The van der Waals surface area contributed by atoms with Gasteiger partial charge in [-0.15, -0.1) is 0 Å². The minimum atomic E-state index is -0.240. The van der Waals surface area contributed by atoms with E-state index in [0.29, 0.717) is 6.04 Å². The van der Waals surface area contributed by atoms with Crippen LogP contribution in [0.3, 0.4) is 0 Å². The van der Waals surface area contributed by atoms with E-state index >= 15 is 0 Å². The number of ether oxygens (including phenoxy) is 1. The second-order valence-corrected chi connectivity index (χ2v) is 5.65. The second-order valence-electron chi connectivity index (χ2n) is 5.65. The van der Waals surface area contributed by atoms with Crippen molar-refractivity contribution in [1.82, 2.24) is 9.80 Å². The summed E-state index contributed by atoms with van der Waals surface area (Å²) in [5, 5.41) is 0. The summed E-state index contributed by atoms with van der Waals surface area (Å²) in [6.45, 7) is 7.78. The van der Waals surface area contributed by atoms with Crippen molar-refractivity contribution in [3.8, 4) is 0 Å². The van der Waals surface area contributed by atoms with Crippen LogP contribution in [0.1, 0.15) is 27.2 Å². The molecule has 1 fully saturated rings. The van der Waals surface area contributed by atoms with E-state index in [9.17, 15) is 4.79 Å². The molecule has 1 amide bonds. The molecule has 16 heavy (non-hydrogen) atoms. The molecule has 0 aliphatic carbocycles. The fourth-order valence-corrected chi connectivity index (χ4v) is 1.76. The van der Waals surface area contributed by atoms with Gasteiger partial charge >= 0.3 is 0 Å². The molecule has 94 valence electrons. The maximum absolute atomic E-state index is 11.8. The van der Waals surface area contributed by atoms with Crippen molar-refractivity contribution in [2.24, 2.45) is 0 Å². The molecule has 0 spiro atoms. The molecule has 1 rings (SSSR count). The highest BCUT2D eigenvalue weighted by molar-refractivity contribution is 5.77. The Morgan fingerprint density at radius 3 is 2.50 bits per heavy atom. The van der Waals surface area contributed by atoms with E-state index in [1.54, 1.807) is 0 Å². The third kappa shape index (κ3) is 4.10. The Balaban J connectivity index is 2.34. The quantitative estimate of drug-likeness (QED) is 0.721. The van der Waals surface area contributed by atoms with Gasteiger partial charge < -0.3 is 14.5 Å². The van der Waals surface area contributed by atoms with Crippen molar-refractivity contribution in [2.75, 3.05) is 33.8 Å². The molecule has 1 aliphatic rings. The van der Waals surface area contributed by atoms with E-state index in [2.05, 4.69) is 19.0 Å². The van der Waals surface area contributed by atoms with Gasteiger partial charge in [0, 0.05) is 19.1 Å². The van der Waals surface area contributed by atoms with Gasteiger partial charge in [-0.2, -0.15) is 0 Å². The van der Waals surface area contributed by atoms with Crippen molar-refractivity contribution < 1.29 is 9.53 Å². The first-order chi connectivity index (χ1) is 7.29. The van der Waals surface area contributed by atoms with Crippen molar-refractivity contribution in [2.45, 2.75) is 38.8 Å². The molecule has 1 saturated heterocycles. The lowest BCUT2D eigenvalue weighted by atomic mass is 10.2. The zero-order valence-corrected chi connectivity index (χ0v) is 11.1. The van der Waals surface area contributed by atoms with Crippen LogP contribution in [0.25, 0.3) is 0 Å². The summed E-state index contributed by atoms with van der Waals surface area (Å²) < 4.78 is 5.49. The summed E-state index contributed by atoms with van der Waals surface area (Å²) in [6, 6.07) is 0.499. The zero-order valence-electron chi connectivity index (χ0n) is 11.1. The average molecular weight is 228 g/mol. The van der Waals surface area contributed by atoms with Crippen LogP contribution in [-0.4, -0.2) is 61.1 Å². The highest BCUT2D eigenvalue weighted by Crippen LogP contribution is 2.14. The Bertz CT molecular complexity index is 246. The third-order valence-electron chi connectivity index (χ3n) is 2.88. The van der Waals surface area contributed by atoms with E-state index in [1.165, 1.54) is 0 Å². The highest BCUT2D eigenvalue weighted by Gasteiger charge is 2.27. The van der Waals surface area contributed by atoms with Crippen LogP contribution in [0.4, 0.5) is 0 Å². The summed E-state index contributed by atoms with van der Waals surface area (Å²) in [4.78, 5) is 15.9. The number of nitrogens with zero attached hydrogens (tertiary/aromatic N) is 2. The first-order valence-electron chi connectivity index (χ1n) is 5.88. The van der Waals surface area contributed by atoms with E-state index < -0.39 is 0 Å². The Labute approximate surface area is 98.5 Å². The van der Waals surface area contributed by atoms with Gasteiger partial charge in [-0.25, -0.2) is 0 Å². The summed E-state index contributed by atoms with van der Waals surface area (Å²) in [5.41, 5.74) is -0.240. The number of hydrogen-bond donors (Lipinski definition) is 0.